The number of benzene rings is 2. The fourth-order valence-electron chi connectivity index (χ4n) is 8.65. The Bertz CT molecular complexity index is 1510. The molecule has 0 saturated carbocycles. The van der Waals surface area contributed by atoms with Crippen LogP contribution in [0.3, 0.4) is 0 Å². The highest BCUT2D eigenvalue weighted by atomic mass is 32.2. The van der Waals surface area contributed by atoms with Gasteiger partial charge in [-0.05, 0) is 75.8 Å². The van der Waals surface area contributed by atoms with E-state index in [2.05, 4.69) is 52.7 Å². The number of fused-ring (bicyclic) bond motifs is 1. The maximum Gasteiger partial charge on any atom is 0.251 e. The monoisotopic (exact) mass is 686 g/mol. The van der Waals surface area contributed by atoms with Crippen molar-refractivity contribution >= 4 is 40.9 Å². The maximum atomic E-state index is 15.2. The van der Waals surface area contributed by atoms with Crippen molar-refractivity contribution in [3.63, 3.8) is 0 Å². The summed E-state index contributed by atoms with van der Waals surface area (Å²) in [7, 11) is 0. The molecule has 3 aliphatic heterocycles. The third-order valence-corrected chi connectivity index (χ3v) is 12.8. The number of anilines is 2. The van der Waals surface area contributed by atoms with Gasteiger partial charge >= 0.3 is 0 Å². The molecule has 264 valence electrons. The fourth-order valence-corrected chi connectivity index (χ4v) is 11.0. The molecule has 3 saturated heterocycles. The number of aliphatic hydroxyl groups excluding tert-OH is 1. The summed E-state index contributed by atoms with van der Waals surface area (Å²) in [5.41, 5.74) is 2.81. The largest absolute Gasteiger partial charge is 0.394 e. The van der Waals surface area contributed by atoms with Crippen molar-refractivity contribution in [1.29, 1.82) is 0 Å². The quantitative estimate of drug-likeness (QED) is 0.213. The predicted molar refractivity (Wildman–Crippen MR) is 201 cm³/mol. The molecule has 0 aliphatic carbocycles. The zero-order chi connectivity index (χ0) is 35.5. The van der Waals surface area contributed by atoms with Gasteiger partial charge in [0.25, 0.3) is 5.91 Å². The molecular formula is C40H54N4O4S. The number of carbonyl (C=O) groups is 3. The Balaban J connectivity index is 1.58. The second-order valence-corrected chi connectivity index (χ2v) is 16.3. The molecule has 0 radical (unpaired) electrons. The Labute approximate surface area is 297 Å². The molecule has 1 spiro atoms. The molecule has 8 nitrogen and oxygen atoms in total. The molecule has 3 fully saturated rings. The van der Waals surface area contributed by atoms with Crippen LogP contribution in [0.1, 0.15) is 59.4 Å². The van der Waals surface area contributed by atoms with E-state index in [9.17, 15) is 14.7 Å². The second-order valence-electron chi connectivity index (χ2n) is 14.4. The molecule has 5 rings (SSSR count). The van der Waals surface area contributed by atoms with Gasteiger partial charge in [0, 0.05) is 48.8 Å². The average molecular weight is 687 g/mol. The minimum atomic E-state index is -0.838. The molecule has 2 unspecified atom stereocenters. The molecule has 3 amide bonds. The number of thioether (sulfide) groups is 1. The van der Waals surface area contributed by atoms with E-state index in [-0.39, 0.29) is 36.8 Å². The summed E-state index contributed by atoms with van der Waals surface area (Å²) >= 11 is 1.67. The molecule has 9 heteroatoms. The van der Waals surface area contributed by atoms with E-state index in [1.165, 1.54) is 0 Å². The van der Waals surface area contributed by atoms with Crippen molar-refractivity contribution < 1.29 is 19.5 Å². The first kappa shape index (κ1) is 36.7. The summed E-state index contributed by atoms with van der Waals surface area (Å²) < 4.78 is -1.32. The molecule has 1 N–H and O–H groups in total. The van der Waals surface area contributed by atoms with Gasteiger partial charge in [-0.2, -0.15) is 0 Å². The summed E-state index contributed by atoms with van der Waals surface area (Å²) in [4.78, 5) is 52.4. The number of rotatable bonds is 16. The third-order valence-electron chi connectivity index (χ3n) is 10.8. The van der Waals surface area contributed by atoms with Crippen LogP contribution in [0, 0.1) is 17.8 Å². The van der Waals surface area contributed by atoms with Gasteiger partial charge in [-0.25, -0.2) is 0 Å². The van der Waals surface area contributed by atoms with E-state index in [0.717, 1.165) is 36.4 Å². The molecule has 49 heavy (non-hydrogen) atoms. The minimum absolute atomic E-state index is 0.0777. The van der Waals surface area contributed by atoms with Gasteiger partial charge in [-0.3, -0.25) is 14.4 Å². The van der Waals surface area contributed by atoms with Crippen molar-refractivity contribution in [3.05, 3.63) is 85.5 Å². The van der Waals surface area contributed by atoms with Crippen LogP contribution in [-0.2, 0) is 20.9 Å². The number of amides is 3. The van der Waals surface area contributed by atoms with Gasteiger partial charge in [-0.1, -0.05) is 56.3 Å². The van der Waals surface area contributed by atoms with E-state index >= 15 is 4.79 Å². The van der Waals surface area contributed by atoms with E-state index < -0.39 is 33.4 Å². The van der Waals surface area contributed by atoms with Gasteiger partial charge in [0.2, 0.25) is 11.8 Å². The zero-order valence-corrected chi connectivity index (χ0v) is 30.7. The summed E-state index contributed by atoms with van der Waals surface area (Å²) in [5.74, 6) is -1.57. The lowest BCUT2D eigenvalue weighted by molar-refractivity contribution is -0.147. The Morgan fingerprint density at radius 3 is 2.18 bits per heavy atom. The summed E-state index contributed by atoms with van der Waals surface area (Å²) in [6.07, 6.45) is 5.36. The van der Waals surface area contributed by atoms with Crippen LogP contribution in [0.25, 0.3) is 0 Å². The van der Waals surface area contributed by atoms with E-state index in [4.69, 9.17) is 0 Å². The number of nitrogens with zero attached hydrogens (tertiary/aromatic N) is 4. The predicted octanol–water partition coefficient (Wildman–Crippen LogP) is 6.15. The minimum Gasteiger partial charge on any atom is -0.394 e. The number of hydrogen-bond acceptors (Lipinski definition) is 6. The average Bonchev–Trinajstić information content (AvgIpc) is 3.67. The normalized spacial score (nSPS) is 26.1. The Morgan fingerprint density at radius 2 is 1.61 bits per heavy atom. The van der Waals surface area contributed by atoms with Crippen molar-refractivity contribution in [3.8, 4) is 0 Å². The SMILES string of the molecule is C=CCN(Cc1ccccc1)C(=O)[C@@H]1[C@H]2C(=O)N([C@@H](CO)CC(C)C)C(C(=O)N(CC=C)c3ccc(N(CC)CC)cc3)C23CC[C@@]1(C)S3. The Kier molecular flexibility index (Phi) is 11.3. The van der Waals surface area contributed by atoms with Crippen LogP contribution in [0.15, 0.2) is 79.9 Å². The third kappa shape index (κ3) is 6.68. The van der Waals surface area contributed by atoms with Gasteiger partial charge in [0.15, 0.2) is 0 Å². The molecule has 2 aromatic carbocycles. The number of likely N-dealkylation sites (tertiary alicyclic amines) is 1. The van der Waals surface area contributed by atoms with E-state index in [1.54, 1.807) is 38.6 Å². The first-order valence-corrected chi connectivity index (χ1v) is 18.7. The van der Waals surface area contributed by atoms with Crippen LogP contribution in [0.5, 0.6) is 0 Å². The molecule has 2 aromatic rings. The van der Waals surface area contributed by atoms with Crippen molar-refractivity contribution in [2.75, 3.05) is 42.6 Å². The van der Waals surface area contributed by atoms with Crippen LogP contribution >= 0.6 is 11.8 Å². The van der Waals surface area contributed by atoms with Gasteiger partial charge in [0.05, 0.1) is 29.2 Å². The summed E-state index contributed by atoms with van der Waals surface area (Å²) in [6.45, 7) is 20.9. The van der Waals surface area contributed by atoms with Crippen LogP contribution < -0.4 is 9.80 Å². The van der Waals surface area contributed by atoms with Crippen molar-refractivity contribution in [2.24, 2.45) is 17.8 Å². The van der Waals surface area contributed by atoms with Gasteiger partial charge < -0.3 is 24.7 Å². The first-order chi connectivity index (χ1) is 23.5. The molecule has 0 aromatic heterocycles. The van der Waals surface area contributed by atoms with E-state index in [1.807, 2.05) is 54.6 Å². The van der Waals surface area contributed by atoms with Crippen LogP contribution in [0.4, 0.5) is 11.4 Å². The molecule has 3 aliphatic rings. The standard InChI is InChI=1S/C40H54N4O4S/c1-8-23-42(26-29-15-13-12-14-16-29)36(46)33-34-37(47)44(32(27-45)25-28(5)6)35(40(34)22-21-39(33,7)49-40)38(48)43(24-9-2)31-19-17-30(18-20-31)41(10-3)11-4/h8-9,12-20,28,32-35,45H,1-2,10-11,21-27H2,3-7H3/t32-,33+,34+,35?,39-,40?/m1/s1. The number of aliphatic hydroxyl groups is 1. The first-order valence-electron chi connectivity index (χ1n) is 17.8. The molecule has 6 atom stereocenters. The lowest BCUT2D eigenvalue weighted by Gasteiger charge is -2.40. The summed E-state index contributed by atoms with van der Waals surface area (Å²) in [6, 6.07) is 16.5. The molecular weight excluding hydrogens is 633 g/mol. The highest BCUT2D eigenvalue weighted by Crippen LogP contribution is 2.72. The van der Waals surface area contributed by atoms with Crippen molar-refractivity contribution in [1.82, 2.24) is 9.80 Å². The van der Waals surface area contributed by atoms with Crippen molar-refractivity contribution in [2.45, 2.75) is 82.0 Å². The van der Waals surface area contributed by atoms with E-state index in [0.29, 0.717) is 25.9 Å². The second kappa shape index (κ2) is 15.1. The van der Waals surface area contributed by atoms with Crippen LogP contribution in [-0.4, -0.2) is 87.0 Å². The summed E-state index contributed by atoms with van der Waals surface area (Å²) in [5, 5.41) is 10.8. The number of hydrogen-bond donors (Lipinski definition) is 1. The Morgan fingerprint density at radius 1 is 0.980 bits per heavy atom. The lowest BCUT2D eigenvalue weighted by atomic mass is 9.66. The van der Waals surface area contributed by atoms with Crippen LogP contribution in [0.2, 0.25) is 0 Å². The molecule has 3 heterocycles. The molecule has 2 bridgehead atoms. The fraction of sp³-hybridized carbons (Fsp3) is 0.525. The topological polar surface area (TPSA) is 84.4 Å². The highest BCUT2D eigenvalue weighted by molar-refractivity contribution is 8.02. The van der Waals surface area contributed by atoms with Gasteiger partial charge in [0.1, 0.15) is 6.04 Å². The zero-order valence-electron chi connectivity index (χ0n) is 29.9. The number of carbonyl (C=O) groups excluding carboxylic acids is 3. The smallest absolute Gasteiger partial charge is 0.251 e. The maximum absolute atomic E-state index is 15.2. The lowest BCUT2D eigenvalue weighted by Crippen LogP contribution is -2.58. The Hall–Kier alpha value is -3.56. The highest BCUT2D eigenvalue weighted by Gasteiger charge is 2.78. The van der Waals surface area contributed by atoms with Gasteiger partial charge in [-0.15, -0.1) is 24.9 Å².